The maximum atomic E-state index is 13.5. The molecule has 3 aromatic rings. The van der Waals surface area contributed by atoms with E-state index in [0.717, 1.165) is 11.6 Å². The van der Waals surface area contributed by atoms with Crippen molar-refractivity contribution in [2.45, 2.75) is 26.9 Å². The minimum Gasteiger partial charge on any atom is -0.496 e. The Kier molecular flexibility index (Phi) is 6.77. The number of nitrogens with one attached hydrogen (secondary N) is 1. The van der Waals surface area contributed by atoms with Crippen LogP contribution in [-0.4, -0.2) is 28.7 Å². The number of carbonyl (C=O) groups is 2. The molecule has 0 bridgehead atoms. The molecule has 0 saturated carbocycles. The SMILES string of the molecule is COc1ccc(F)cc1C(=O)NCc1ccc(-c2nn(CC(C)C)c(N)c2C(N)=O)cc1. The summed E-state index contributed by atoms with van der Waals surface area (Å²) in [5, 5.41) is 7.23. The van der Waals surface area contributed by atoms with Crippen LogP contribution < -0.4 is 21.5 Å². The van der Waals surface area contributed by atoms with Crippen molar-refractivity contribution in [2.24, 2.45) is 11.7 Å². The largest absolute Gasteiger partial charge is 0.496 e. The maximum Gasteiger partial charge on any atom is 0.255 e. The van der Waals surface area contributed by atoms with E-state index in [1.807, 2.05) is 13.8 Å². The van der Waals surface area contributed by atoms with Gasteiger partial charge in [-0.1, -0.05) is 38.1 Å². The molecule has 0 aliphatic carbocycles. The summed E-state index contributed by atoms with van der Waals surface area (Å²) in [7, 11) is 1.42. The molecule has 0 atom stereocenters. The molecule has 0 spiro atoms. The Balaban J connectivity index is 1.78. The molecule has 0 saturated heterocycles. The lowest BCUT2D eigenvalue weighted by Crippen LogP contribution is -2.23. The average molecular weight is 439 g/mol. The Morgan fingerprint density at radius 1 is 1.19 bits per heavy atom. The van der Waals surface area contributed by atoms with Crippen LogP contribution in [0.2, 0.25) is 0 Å². The second-order valence-corrected chi connectivity index (χ2v) is 7.77. The van der Waals surface area contributed by atoms with Crippen molar-refractivity contribution in [2.75, 3.05) is 12.8 Å². The number of ether oxygens (including phenoxy) is 1. The molecule has 9 heteroatoms. The predicted octanol–water partition coefficient (Wildman–Crippen LogP) is 2.96. The van der Waals surface area contributed by atoms with Crippen LogP contribution in [0.15, 0.2) is 42.5 Å². The Bertz CT molecular complexity index is 1140. The molecule has 0 radical (unpaired) electrons. The lowest BCUT2D eigenvalue weighted by molar-refractivity contribution is 0.0946. The molecule has 0 unspecified atom stereocenters. The molecule has 32 heavy (non-hydrogen) atoms. The van der Waals surface area contributed by atoms with E-state index in [1.165, 1.54) is 19.2 Å². The standard InChI is InChI=1S/C23H26FN5O3/c1-13(2)12-29-21(25)19(22(26)30)20(28-29)15-6-4-14(5-7-15)11-27-23(31)17-10-16(24)8-9-18(17)32-3/h4-10,13H,11-12,25H2,1-3H3,(H2,26,30)(H,27,31). The van der Waals surface area contributed by atoms with Gasteiger partial charge in [0.05, 0.1) is 12.7 Å². The molecule has 0 aliphatic rings. The number of nitrogens with zero attached hydrogens (tertiary/aromatic N) is 2. The van der Waals surface area contributed by atoms with E-state index in [9.17, 15) is 14.0 Å². The maximum absolute atomic E-state index is 13.5. The van der Waals surface area contributed by atoms with Crippen LogP contribution in [0.1, 0.15) is 40.1 Å². The van der Waals surface area contributed by atoms with Gasteiger partial charge in [-0.3, -0.25) is 9.59 Å². The number of nitrogens with two attached hydrogens (primary N) is 2. The van der Waals surface area contributed by atoms with Gasteiger partial charge < -0.3 is 21.5 Å². The van der Waals surface area contributed by atoms with Gasteiger partial charge in [0.15, 0.2) is 0 Å². The molecule has 2 amide bonds. The van der Waals surface area contributed by atoms with Gasteiger partial charge in [-0.05, 0) is 29.7 Å². The molecule has 168 valence electrons. The van der Waals surface area contributed by atoms with Gasteiger partial charge in [0.1, 0.15) is 28.6 Å². The molecule has 2 aromatic carbocycles. The smallest absolute Gasteiger partial charge is 0.255 e. The fourth-order valence-electron chi connectivity index (χ4n) is 3.32. The normalized spacial score (nSPS) is 10.9. The Hall–Kier alpha value is -3.88. The lowest BCUT2D eigenvalue weighted by Gasteiger charge is -2.10. The van der Waals surface area contributed by atoms with Gasteiger partial charge in [0.25, 0.3) is 11.8 Å². The lowest BCUT2D eigenvalue weighted by atomic mass is 10.0. The van der Waals surface area contributed by atoms with Gasteiger partial charge in [-0.15, -0.1) is 0 Å². The number of methoxy groups -OCH3 is 1. The first-order valence-corrected chi connectivity index (χ1v) is 10.1. The number of halogens is 1. The third kappa shape index (κ3) is 4.88. The van der Waals surface area contributed by atoms with Crippen LogP contribution >= 0.6 is 0 Å². The first-order valence-electron chi connectivity index (χ1n) is 10.1. The Labute approximate surface area is 185 Å². The monoisotopic (exact) mass is 439 g/mol. The summed E-state index contributed by atoms with van der Waals surface area (Å²) in [4.78, 5) is 24.4. The number of benzene rings is 2. The van der Waals surface area contributed by atoms with Gasteiger partial charge >= 0.3 is 0 Å². The Morgan fingerprint density at radius 2 is 1.88 bits per heavy atom. The number of hydrogen-bond acceptors (Lipinski definition) is 5. The molecular weight excluding hydrogens is 413 g/mol. The Morgan fingerprint density at radius 3 is 2.47 bits per heavy atom. The minimum absolute atomic E-state index is 0.112. The highest BCUT2D eigenvalue weighted by Crippen LogP contribution is 2.28. The van der Waals surface area contributed by atoms with E-state index in [1.54, 1.807) is 28.9 Å². The number of hydrogen-bond donors (Lipinski definition) is 3. The van der Waals surface area contributed by atoms with Gasteiger partial charge in [0.2, 0.25) is 0 Å². The van der Waals surface area contributed by atoms with Gasteiger partial charge in [-0.2, -0.15) is 5.10 Å². The minimum atomic E-state index is -0.645. The number of anilines is 1. The van der Waals surface area contributed by atoms with Crippen molar-refractivity contribution in [3.8, 4) is 17.0 Å². The van der Waals surface area contributed by atoms with Crippen LogP contribution in [0.5, 0.6) is 5.75 Å². The third-order valence-electron chi connectivity index (χ3n) is 4.86. The number of rotatable bonds is 8. The van der Waals surface area contributed by atoms with E-state index in [4.69, 9.17) is 16.2 Å². The van der Waals surface area contributed by atoms with Gasteiger partial charge in [0, 0.05) is 18.7 Å². The van der Waals surface area contributed by atoms with E-state index in [2.05, 4.69) is 10.4 Å². The molecular formula is C23H26FN5O3. The number of aromatic nitrogens is 2. The second kappa shape index (κ2) is 9.51. The van der Waals surface area contributed by atoms with Crippen LogP contribution in [0.25, 0.3) is 11.3 Å². The molecule has 5 N–H and O–H groups in total. The summed E-state index contributed by atoms with van der Waals surface area (Å²) in [5.74, 6) is -0.820. The molecule has 3 rings (SSSR count). The van der Waals surface area contributed by atoms with Crippen molar-refractivity contribution in [3.05, 3.63) is 65.0 Å². The van der Waals surface area contributed by atoms with Crippen molar-refractivity contribution >= 4 is 17.6 Å². The zero-order valence-electron chi connectivity index (χ0n) is 18.2. The molecule has 0 aliphatic heterocycles. The first kappa shape index (κ1) is 22.8. The average Bonchev–Trinajstić information content (AvgIpc) is 3.08. The van der Waals surface area contributed by atoms with Crippen LogP contribution in [0, 0.1) is 11.7 Å². The van der Waals surface area contributed by atoms with Crippen molar-refractivity contribution in [1.82, 2.24) is 15.1 Å². The fourth-order valence-corrected chi connectivity index (χ4v) is 3.32. The molecule has 1 aromatic heterocycles. The summed E-state index contributed by atoms with van der Waals surface area (Å²) in [6, 6.07) is 10.9. The van der Waals surface area contributed by atoms with Crippen LogP contribution in [0.4, 0.5) is 10.2 Å². The topological polar surface area (TPSA) is 125 Å². The summed E-state index contributed by atoms with van der Waals surface area (Å²) in [5.41, 5.74) is 13.8. The fraction of sp³-hybridized carbons (Fsp3) is 0.261. The summed E-state index contributed by atoms with van der Waals surface area (Å²) in [6.07, 6.45) is 0. The zero-order chi connectivity index (χ0) is 23.4. The zero-order valence-corrected chi connectivity index (χ0v) is 18.2. The second-order valence-electron chi connectivity index (χ2n) is 7.77. The van der Waals surface area contributed by atoms with E-state index < -0.39 is 17.6 Å². The first-order chi connectivity index (χ1) is 15.2. The molecule has 1 heterocycles. The highest BCUT2D eigenvalue weighted by Gasteiger charge is 2.22. The van der Waals surface area contributed by atoms with E-state index in [-0.39, 0.29) is 35.2 Å². The quantitative estimate of drug-likeness (QED) is 0.498. The van der Waals surface area contributed by atoms with E-state index >= 15 is 0 Å². The summed E-state index contributed by atoms with van der Waals surface area (Å²) < 4.78 is 20.2. The predicted molar refractivity (Wildman–Crippen MR) is 120 cm³/mol. The number of primary amides is 1. The number of nitrogen functional groups attached to an aromatic ring is 1. The highest BCUT2D eigenvalue weighted by atomic mass is 19.1. The van der Waals surface area contributed by atoms with Gasteiger partial charge in [-0.25, -0.2) is 9.07 Å². The van der Waals surface area contributed by atoms with Crippen molar-refractivity contribution in [3.63, 3.8) is 0 Å². The number of carbonyl (C=O) groups excluding carboxylic acids is 2. The van der Waals surface area contributed by atoms with E-state index in [0.29, 0.717) is 17.8 Å². The number of amides is 2. The highest BCUT2D eigenvalue weighted by molar-refractivity contribution is 6.03. The van der Waals surface area contributed by atoms with Crippen LogP contribution in [-0.2, 0) is 13.1 Å². The van der Waals surface area contributed by atoms with Crippen molar-refractivity contribution < 1.29 is 18.7 Å². The molecule has 0 fully saturated rings. The summed E-state index contributed by atoms with van der Waals surface area (Å²) in [6.45, 7) is 4.81. The third-order valence-corrected chi connectivity index (χ3v) is 4.86. The van der Waals surface area contributed by atoms with Crippen molar-refractivity contribution in [1.29, 1.82) is 0 Å². The summed E-state index contributed by atoms with van der Waals surface area (Å²) >= 11 is 0. The molecule has 8 nitrogen and oxygen atoms in total. The van der Waals surface area contributed by atoms with Crippen LogP contribution in [0.3, 0.4) is 0 Å².